The summed E-state index contributed by atoms with van der Waals surface area (Å²) in [6, 6.07) is 10.2. The molecule has 2 aromatic carbocycles. The third kappa shape index (κ3) is 6.44. The van der Waals surface area contributed by atoms with Gasteiger partial charge >= 0.3 is 6.18 Å². The number of halogens is 3. The van der Waals surface area contributed by atoms with Gasteiger partial charge in [0.1, 0.15) is 13.2 Å². The van der Waals surface area contributed by atoms with E-state index in [1.807, 2.05) is 18.2 Å². The van der Waals surface area contributed by atoms with E-state index in [2.05, 4.69) is 0 Å². The molecule has 0 aliphatic carbocycles. The van der Waals surface area contributed by atoms with Crippen LogP contribution in [-0.2, 0) is 17.8 Å². The Morgan fingerprint density at radius 2 is 1.74 bits per heavy atom. The molecule has 1 aliphatic heterocycles. The average Bonchev–Trinajstić information content (AvgIpc) is 2.75. The van der Waals surface area contributed by atoms with E-state index in [4.69, 9.17) is 18.9 Å². The van der Waals surface area contributed by atoms with Crippen LogP contribution in [0.2, 0.25) is 0 Å². The van der Waals surface area contributed by atoms with Crippen LogP contribution in [0.25, 0.3) is 0 Å². The third-order valence-corrected chi connectivity index (χ3v) is 4.70. The molecule has 3 rings (SSSR count). The van der Waals surface area contributed by atoms with E-state index >= 15 is 0 Å². The molecule has 0 spiro atoms. The number of rotatable bonds is 8. The first kappa shape index (κ1) is 22.6. The van der Waals surface area contributed by atoms with E-state index in [9.17, 15) is 18.0 Å². The number of ether oxygens (including phenoxy) is 4. The molecule has 2 aromatic rings. The molecule has 9 heteroatoms. The van der Waals surface area contributed by atoms with Crippen molar-refractivity contribution < 1.29 is 36.9 Å². The van der Waals surface area contributed by atoms with Crippen molar-refractivity contribution in [3.05, 3.63) is 47.5 Å². The predicted molar refractivity (Wildman–Crippen MR) is 107 cm³/mol. The fourth-order valence-electron chi connectivity index (χ4n) is 3.14. The van der Waals surface area contributed by atoms with Crippen LogP contribution in [0, 0.1) is 0 Å². The van der Waals surface area contributed by atoms with Gasteiger partial charge in [0.15, 0.2) is 29.6 Å². The molecule has 168 valence electrons. The number of benzene rings is 2. The van der Waals surface area contributed by atoms with Gasteiger partial charge in [0, 0.05) is 20.0 Å². The van der Waals surface area contributed by atoms with Crippen molar-refractivity contribution >= 4 is 5.91 Å². The monoisotopic (exact) mass is 439 g/mol. The van der Waals surface area contributed by atoms with Gasteiger partial charge in [-0.1, -0.05) is 12.1 Å². The minimum Gasteiger partial charge on any atom is -0.493 e. The highest BCUT2D eigenvalue weighted by Crippen LogP contribution is 2.32. The van der Waals surface area contributed by atoms with Gasteiger partial charge in [-0.15, -0.1) is 0 Å². The second kappa shape index (κ2) is 9.80. The molecule has 1 amide bonds. The third-order valence-electron chi connectivity index (χ3n) is 4.70. The maximum atomic E-state index is 12.5. The minimum absolute atomic E-state index is 0.00521. The van der Waals surface area contributed by atoms with Crippen LogP contribution < -0.4 is 18.9 Å². The molecular weight excluding hydrogens is 415 g/mol. The molecule has 1 heterocycles. The summed E-state index contributed by atoms with van der Waals surface area (Å²) in [6.45, 7) is 0.0362. The first-order valence-electron chi connectivity index (χ1n) is 9.74. The number of carbonyl (C=O) groups excluding carboxylic acids is 1. The van der Waals surface area contributed by atoms with E-state index in [0.29, 0.717) is 37.7 Å². The summed E-state index contributed by atoms with van der Waals surface area (Å²) in [5.41, 5.74) is 1.69. The first-order chi connectivity index (χ1) is 14.7. The average molecular weight is 439 g/mol. The van der Waals surface area contributed by atoms with E-state index < -0.39 is 12.8 Å². The van der Waals surface area contributed by atoms with Gasteiger partial charge < -0.3 is 23.8 Å². The molecule has 0 bridgehead atoms. The molecule has 0 saturated heterocycles. The van der Waals surface area contributed by atoms with Crippen LogP contribution >= 0.6 is 0 Å². The van der Waals surface area contributed by atoms with Crippen molar-refractivity contribution in [1.82, 2.24) is 4.90 Å². The standard InChI is InChI=1S/C22H24F3NO5/c1-26(13-16-4-7-18-20(12-16)30-10-9-29-18)21(27)8-5-15-3-6-17(19(11-15)28-2)31-14-22(23,24)25/h3-4,6-7,11-12H,5,8-10,13-14H2,1-2H3. The Labute approximate surface area is 178 Å². The Kier molecular flexibility index (Phi) is 7.14. The lowest BCUT2D eigenvalue weighted by Gasteiger charge is -2.21. The summed E-state index contributed by atoms with van der Waals surface area (Å²) >= 11 is 0. The number of nitrogens with zero attached hydrogens (tertiary/aromatic N) is 1. The molecule has 0 aromatic heterocycles. The van der Waals surface area contributed by atoms with E-state index in [0.717, 1.165) is 11.1 Å². The fourth-order valence-corrected chi connectivity index (χ4v) is 3.14. The number of hydrogen-bond donors (Lipinski definition) is 0. The van der Waals surface area contributed by atoms with Crippen molar-refractivity contribution in [3.8, 4) is 23.0 Å². The number of fused-ring (bicyclic) bond motifs is 1. The summed E-state index contributed by atoms with van der Waals surface area (Å²) < 4.78 is 58.0. The zero-order chi connectivity index (χ0) is 22.4. The topological polar surface area (TPSA) is 57.2 Å². The SMILES string of the molecule is COc1cc(CCC(=O)N(C)Cc2ccc3c(c2)OCCO3)ccc1OCC(F)(F)F. The molecule has 0 fully saturated rings. The largest absolute Gasteiger partial charge is 0.493 e. The van der Waals surface area contributed by atoms with Gasteiger partial charge in [0.05, 0.1) is 7.11 Å². The van der Waals surface area contributed by atoms with Crippen LogP contribution in [0.3, 0.4) is 0 Å². The predicted octanol–water partition coefficient (Wildman–Crippen LogP) is 4.00. The Balaban J connectivity index is 1.54. The lowest BCUT2D eigenvalue weighted by Crippen LogP contribution is -2.26. The van der Waals surface area contributed by atoms with E-state index in [1.165, 1.54) is 13.2 Å². The second-order valence-corrected chi connectivity index (χ2v) is 7.12. The van der Waals surface area contributed by atoms with Gasteiger partial charge in [-0.25, -0.2) is 0 Å². The Bertz CT molecular complexity index is 917. The molecule has 0 N–H and O–H groups in total. The molecule has 0 saturated carbocycles. The van der Waals surface area contributed by atoms with Crippen LogP contribution in [0.4, 0.5) is 13.2 Å². The molecule has 31 heavy (non-hydrogen) atoms. The highest BCUT2D eigenvalue weighted by Gasteiger charge is 2.29. The highest BCUT2D eigenvalue weighted by atomic mass is 19.4. The lowest BCUT2D eigenvalue weighted by atomic mass is 10.1. The zero-order valence-electron chi connectivity index (χ0n) is 17.3. The van der Waals surface area contributed by atoms with Crippen molar-refractivity contribution in [2.45, 2.75) is 25.6 Å². The van der Waals surface area contributed by atoms with Crippen molar-refractivity contribution in [2.75, 3.05) is 34.0 Å². The van der Waals surface area contributed by atoms with E-state index in [1.54, 1.807) is 24.1 Å². The quantitative estimate of drug-likeness (QED) is 0.623. The molecule has 6 nitrogen and oxygen atoms in total. The summed E-state index contributed by atoms with van der Waals surface area (Å²) in [4.78, 5) is 14.1. The van der Waals surface area contributed by atoms with Gasteiger partial charge in [0.25, 0.3) is 0 Å². The van der Waals surface area contributed by atoms with Gasteiger partial charge in [0.2, 0.25) is 5.91 Å². The van der Waals surface area contributed by atoms with Crippen molar-refractivity contribution in [2.24, 2.45) is 0 Å². The lowest BCUT2D eigenvalue weighted by molar-refractivity contribution is -0.153. The summed E-state index contributed by atoms with van der Waals surface area (Å²) in [5, 5.41) is 0. The molecular formula is C22H24F3NO5. The van der Waals surface area contributed by atoms with Crippen LogP contribution in [0.1, 0.15) is 17.5 Å². The first-order valence-corrected chi connectivity index (χ1v) is 9.74. The smallest absolute Gasteiger partial charge is 0.422 e. The number of methoxy groups -OCH3 is 1. The van der Waals surface area contributed by atoms with Gasteiger partial charge in [-0.3, -0.25) is 4.79 Å². The van der Waals surface area contributed by atoms with Crippen LogP contribution in [0.5, 0.6) is 23.0 Å². The number of aryl methyl sites for hydroxylation is 1. The number of hydrogen-bond acceptors (Lipinski definition) is 5. The summed E-state index contributed by atoms with van der Waals surface area (Å²) in [6.07, 6.45) is -3.77. The summed E-state index contributed by atoms with van der Waals surface area (Å²) in [5.74, 6) is 1.50. The Morgan fingerprint density at radius 1 is 1.03 bits per heavy atom. The molecule has 0 radical (unpaired) electrons. The molecule has 1 aliphatic rings. The second-order valence-electron chi connectivity index (χ2n) is 7.12. The van der Waals surface area contributed by atoms with Crippen molar-refractivity contribution in [1.29, 1.82) is 0 Å². The number of alkyl halides is 3. The van der Waals surface area contributed by atoms with Crippen LogP contribution in [-0.4, -0.2) is 51.0 Å². The maximum absolute atomic E-state index is 12.5. The van der Waals surface area contributed by atoms with Crippen LogP contribution in [0.15, 0.2) is 36.4 Å². The Morgan fingerprint density at radius 3 is 2.45 bits per heavy atom. The zero-order valence-corrected chi connectivity index (χ0v) is 17.3. The Hall–Kier alpha value is -3.10. The van der Waals surface area contributed by atoms with E-state index in [-0.39, 0.29) is 23.8 Å². The van der Waals surface area contributed by atoms with Gasteiger partial charge in [-0.2, -0.15) is 13.2 Å². The fraction of sp³-hybridized carbons (Fsp3) is 0.409. The molecule has 0 atom stereocenters. The normalized spacial score (nSPS) is 12.9. The van der Waals surface area contributed by atoms with Crippen molar-refractivity contribution in [3.63, 3.8) is 0 Å². The summed E-state index contributed by atoms with van der Waals surface area (Å²) in [7, 11) is 3.07. The molecule has 0 unspecified atom stereocenters. The highest BCUT2D eigenvalue weighted by molar-refractivity contribution is 5.76. The maximum Gasteiger partial charge on any atom is 0.422 e. The number of amides is 1. The minimum atomic E-state index is -4.43. The number of carbonyl (C=O) groups is 1. The van der Waals surface area contributed by atoms with Gasteiger partial charge in [-0.05, 0) is 41.8 Å².